The van der Waals surface area contributed by atoms with Crippen LogP contribution in [0, 0.1) is 5.92 Å². The van der Waals surface area contributed by atoms with Crippen LogP contribution in [0.4, 0.5) is 5.82 Å². The molecular weight excluding hydrogens is 436 g/mol. The number of hydrogen-bond donors (Lipinski definition) is 0. The normalized spacial score (nSPS) is 16.8. The number of aromatic nitrogens is 4. The Morgan fingerprint density at radius 2 is 1.54 bits per heavy atom. The maximum atomic E-state index is 12.9. The lowest BCUT2D eigenvalue weighted by atomic mass is 10.1. The van der Waals surface area contributed by atoms with Gasteiger partial charge in [0.1, 0.15) is 11.6 Å². The van der Waals surface area contributed by atoms with E-state index in [0.29, 0.717) is 12.3 Å². The minimum absolute atomic E-state index is 0.230. The molecule has 2 fully saturated rings. The highest BCUT2D eigenvalue weighted by molar-refractivity contribution is 5.88. The number of para-hydroxylation sites is 1. The van der Waals surface area contributed by atoms with E-state index in [4.69, 9.17) is 9.97 Å². The van der Waals surface area contributed by atoms with E-state index in [1.165, 1.54) is 18.4 Å². The standard InChI is InChI=1S/C28H30N6O/c35-28(22-11-7-8-12-22)33-17-15-32(16-18-33)26-24-20-29-34(23-13-5-2-6-14-23)27(24)31-25(30-26)19-21-9-3-1-4-10-21/h1-6,9-10,13-14,20,22H,7-8,11-12,15-19H2. The number of carbonyl (C=O) groups is 1. The van der Waals surface area contributed by atoms with Crippen molar-refractivity contribution >= 4 is 22.8 Å². The monoisotopic (exact) mass is 466 g/mol. The number of piperazine rings is 1. The first-order valence-electron chi connectivity index (χ1n) is 12.6. The topological polar surface area (TPSA) is 67.2 Å². The summed E-state index contributed by atoms with van der Waals surface area (Å²) in [5.74, 6) is 2.27. The maximum absolute atomic E-state index is 12.9. The molecule has 2 aromatic heterocycles. The van der Waals surface area contributed by atoms with Gasteiger partial charge >= 0.3 is 0 Å². The first-order valence-corrected chi connectivity index (χ1v) is 12.6. The molecule has 2 aliphatic rings. The van der Waals surface area contributed by atoms with Gasteiger partial charge in [0.25, 0.3) is 0 Å². The van der Waals surface area contributed by atoms with E-state index in [2.05, 4.69) is 27.0 Å². The van der Waals surface area contributed by atoms with Crippen LogP contribution in [-0.4, -0.2) is 56.7 Å². The SMILES string of the molecule is O=C(C1CCCC1)N1CCN(c2nc(Cc3ccccc3)nc3c2cnn3-c2ccccc2)CC1. The van der Waals surface area contributed by atoms with E-state index in [0.717, 1.165) is 67.4 Å². The number of anilines is 1. The number of carbonyl (C=O) groups excluding carboxylic acids is 1. The second-order valence-corrected chi connectivity index (χ2v) is 9.55. The molecule has 7 heteroatoms. The van der Waals surface area contributed by atoms with Gasteiger partial charge in [0.2, 0.25) is 5.91 Å². The average Bonchev–Trinajstić information content (AvgIpc) is 3.60. The van der Waals surface area contributed by atoms with Gasteiger partial charge in [0, 0.05) is 38.5 Å². The summed E-state index contributed by atoms with van der Waals surface area (Å²) in [5.41, 5.74) is 2.97. The van der Waals surface area contributed by atoms with Crippen LogP contribution < -0.4 is 4.90 Å². The molecule has 35 heavy (non-hydrogen) atoms. The van der Waals surface area contributed by atoms with Crippen molar-refractivity contribution in [2.75, 3.05) is 31.1 Å². The van der Waals surface area contributed by atoms with Gasteiger partial charge in [0.15, 0.2) is 5.65 Å². The molecule has 1 aliphatic carbocycles. The van der Waals surface area contributed by atoms with Gasteiger partial charge in [-0.15, -0.1) is 0 Å². The Morgan fingerprint density at radius 3 is 2.26 bits per heavy atom. The van der Waals surface area contributed by atoms with Crippen molar-refractivity contribution in [3.05, 3.63) is 78.2 Å². The zero-order valence-electron chi connectivity index (χ0n) is 19.9. The number of fused-ring (bicyclic) bond motifs is 1. The Morgan fingerprint density at radius 1 is 0.857 bits per heavy atom. The third-order valence-electron chi connectivity index (χ3n) is 7.26. The molecule has 0 bridgehead atoms. The second kappa shape index (κ2) is 9.49. The highest BCUT2D eigenvalue weighted by Gasteiger charge is 2.30. The number of benzene rings is 2. The van der Waals surface area contributed by atoms with Crippen LogP contribution in [0.5, 0.6) is 0 Å². The van der Waals surface area contributed by atoms with E-state index >= 15 is 0 Å². The fraction of sp³-hybridized carbons (Fsp3) is 0.357. The molecule has 178 valence electrons. The van der Waals surface area contributed by atoms with Gasteiger partial charge < -0.3 is 9.80 Å². The molecule has 1 saturated carbocycles. The van der Waals surface area contributed by atoms with E-state index < -0.39 is 0 Å². The maximum Gasteiger partial charge on any atom is 0.225 e. The predicted molar refractivity (Wildman–Crippen MR) is 137 cm³/mol. The molecule has 2 aromatic carbocycles. The fourth-order valence-corrected chi connectivity index (χ4v) is 5.36. The minimum Gasteiger partial charge on any atom is -0.352 e. The number of nitrogens with zero attached hydrogens (tertiary/aromatic N) is 6. The van der Waals surface area contributed by atoms with Crippen molar-refractivity contribution in [3.63, 3.8) is 0 Å². The van der Waals surface area contributed by atoms with Crippen molar-refractivity contribution in [2.45, 2.75) is 32.1 Å². The molecule has 0 radical (unpaired) electrons. The second-order valence-electron chi connectivity index (χ2n) is 9.55. The van der Waals surface area contributed by atoms with Crippen molar-refractivity contribution in [2.24, 2.45) is 5.92 Å². The molecule has 3 heterocycles. The Labute approximate surface area is 205 Å². The summed E-state index contributed by atoms with van der Waals surface area (Å²) in [6.07, 6.45) is 7.00. The summed E-state index contributed by atoms with van der Waals surface area (Å²) in [5, 5.41) is 5.63. The molecule has 1 aliphatic heterocycles. The number of amides is 1. The quantitative estimate of drug-likeness (QED) is 0.440. The van der Waals surface area contributed by atoms with E-state index in [9.17, 15) is 4.79 Å². The molecule has 1 saturated heterocycles. The summed E-state index contributed by atoms with van der Waals surface area (Å²) in [7, 11) is 0. The molecule has 1 amide bonds. The van der Waals surface area contributed by atoms with Crippen LogP contribution in [0.1, 0.15) is 37.1 Å². The smallest absolute Gasteiger partial charge is 0.225 e. The average molecular weight is 467 g/mol. The number of hydrogen-bond acceptors (Lipinski definition) is 5. The van der Waals surface area contributed by atoms with E-state index in [1.54, 1.807) is 0 Å². The van der Waals surface area contributed by atoms with Crippen molar-refractivity contribution in [1.29, 1.82) is 0 Å². The largest absolute Gasteiger partial charge is 0.352 e. The lowest BCUT2D eigenvalue weighted by Crippen LogP contribution is -2.50. The fourth-order valence-electron chi connectivity index (χ4n) is 5.36. The highest BCUT2D eigenvalue weighted by atomic mass is 16.2. The number of rotatable bonds is 5. The van der Waals surface area contributed by atoms with E-state index in [1.807, 2.05) is 59.4 Å². The first-order chi connectivity index (χ1) is 17.3. The summed E-state index contributed by atoms with van der Waals surface area (Å²) in [6, 6.07) is 20.4. The van der Waals surface area contributed by atoms with Gasteiger partial charge in [-0.25, -0.2) is 14.6 Å². The van der Waals surface area contributed by atoms with Gasteiger partial charge in [-0.05, 0) is 30.5 Å². The van der Waals surface area contributed by atoms with Gasteiger partial charge in [0.05, 0.1) is 17.3 Å². The van der Waals surface area contributed by atoms with Crippen LogP contribution in [0.25, 0.3) is 16.7 Å². The summed E-state index contributed by atoms with van der Waals surface area (Å²) < 4.78 is 1.90. The first kappa shape index (κ1) is 21.8. The van der Waals surface area contributed by atoms with Crippen LogP contribution in [0.2, 0.25) is 0 Å². The molecule has 4 aromatic rings. The van der Waals surface area contributed by atoms with Crippen LogP contribution >= 0.6 is 0 Å². The zero-order valence-corrected chi connectivity index (χ0v) is 19.9. The summed E-state index contributed by atoms with van der Waals surface area (Å²) in [4.78, 5) is 27.3. The lowest BCUT2D eigenvalue weighted by molar-refractivity contribution is -0.135. The van der Waals surface area contributed by atoms with Crippen molar-refractivity contribution in [3.8, 4) is 5.69 Å². The van der Waals surface area contributed by atoms with Crippen LogP contribution in [0.3, 0.4) is 0 Å². The molecule has 7 nitrogen and oxygen atoms in total. The third kappa shape index (κ3) is 4.38. The summed E-state index contributed by atoms with van der Waals surface area (Å²) >= 11 is 0. The van der Waals surface area contributed by atoms with Crippen molar-refractivity contribution in [1.82, 2.24) is 24.6 Å². The predicted octanol–water partition coefficient (Wildman–Crippen LogP) is 4.25. The van der Waals surface area contributed by atoms with Crippen molar-refractivity contribution < 1.29 is 4.79 Å². The van der Waals surface area contributed by atoms with E-state index in [-0.39, 0.29) is 5.92 Å². The van der Waals surface area contributed by atoms with Crippen LogP contribution in [0.15, 0.2) is 66.9 Å². The highest BCUT2D eigenvalue weighted by Crippen LogP contribution is 2.29. The molecule has 0 N–H and O–H groups in total. The molecule has 6 rings (SSSR count). The van der Waals surface area contributed by atoms with Gasteiger partial charge in [-0.3, -0.25) is 4.79 Å². The van der Waals surface area contributed by atoms with Gasteiger partial charge in [-0.2, -0.15) is 5.10 Å². The molecule has 0 spiro atoms. The zero-order chi connectivity index (χ0) is 23.6. The summed E-state index contributed by atoms with van der Waals surface area (Å²) in [6.45, 7) is 3.01. The Kier molecular flexibility index (Phi) is 5.90. The molecule has 0 atom stereocenters. The molecule has 0 unspecified atom stereocenters. The lowest BCUT2D eigenvalue weighted by Gasteiger charge is -2.36. The van der Waals surface area contributed by atoms with Crippen LogP contribution in [-0.2, 0) is 11.2 Å². The Hall–Kier alpha value is -3.74. The van der Waals surface area contributed by atoms with Gasteiger partial charge in [-0.1, -0.05) is 61.4 Å². The molecular formula is C28H30N6O. The Bertz CT molecular complexity index is 1310. The minimum atomic E-state index is 0.230. The third-order valence-corrected chi connectivity index (χ3v) is 7.26. The Balaban J connectivity index is 1.33.